The molecule has 1 aromatic carbocycles. The van der Waals surface area contributed by atoms with Crippen LogP contribution in [-0.2, 0) is 6.18 Å². The van der Waals surface area contributed by atoms with Gasteiger partial charge in [-0.15, -0.1) is 0 Å². The van der Waals surface area contributed by atoms with Gasteiger partial charge in [0.2, 0.25) is 0 Å². The second kappa shape index (κ2) is 3.28. The maximum Gasteiger partial charge on any atom is 0.420 e. The van der Waals surface area contributed by atoms with Crippen LogP contribution < -0.4 is 10.5 Å². The van der Waals surface area contributed by atoms with E-state index in [9.17, 15) is 13.2 Å². The fourth-order valence-corrected chi connectivity index (χ4v) is 0.976. The lowest BCUT2D eigenvalue weighted by Gasteiger charge is -2.13. The Hall–Kier alpha value is -1.59. The van der Waals surface area contributed by atoms with E-state index in [-0.39, 0.29) is 5.69 Å². The fraction of sp³-hybridized carbons (Fsp3) is 0.250. The molecule has 1 aromatic rings. The van der Waals surface area contributed by atoms with Crippen molar-refractivity contribution in [1.29, 1.82) is 0 Å². The zero-order chi connectivity index (χ0) is 10.9. The normalized spacial score (nSPS) is 11.4. The first-order valence-corrected chi connectivity index (χ1v) is 3.60. The Labute approximate surface area is 77.9 Å². The summed E-state index contributed by atoms with van der Waals surface area (Å²) in [5.41, 5.74) is 3.80. The van der Waals surface area contributed by atoms with Crippen molar-refractivity contribution in [2.75, 3.05) is 12.8 Å². The summed E-state index contributed by atoms with van der Waals surface area (Å²) >= 11 is 0. The molecule has 0 spiro atoms. The zero-order valence-electron chi connectivity index (χ0n) is 7.22. The molecule has 0 unspecified atom stereocenters. The molecule has 0 aromatic heterocycles. The second-order valence-corrected chi connectivity index (χ2v) is 2.61. The zero-order valence-corrected chi connectivity index (χ0v) is 7.22. The first-order valence-electron chi connectivity index (χ1n) is 3.60. The average Bonchev–Trinajstić information content (AvgIpc) is 2.07. The Bertz CT molecular complexity index is 349. The van der Waals surface area contributed by atoms with Crippen LogP contribution in [0.25, 0.3) is 0 Å². The highest BCUT2D eigenvalue weighted by atomic mass is 19.4. The molecule has 0 aliphatic carbocycles. The fourth-order valence-electron chi connectivity index (χ4n) is 0.976. The van der Waals surface area contributed by atoms with E-state index in [0.717, 1.165) is 13.2 Å². The number of phenols is 1. The molecule has 0 atom stereocenters. The van der Waals surface area contributed by atoms with E-state index in [2.05, 4.69) is 4.74 Å². The van der Waals surface area contributed by atoms with Gasteiger partial charge in [-0.1, -0.05) is 0 Å². The highest BCUT2D eigenvalue weighted by Crippen LogP contribution is 2.40. The van der Waals surface area contributed by atoms with Crippen LogP contribution in [0.4, 0.5) is 18.9 Å². The van der Waals surface area contributed by atoms with Crippen LogP contribution in [0.3, 0.4) is 0 Å². The number of benzene rings is 1. The van der Waals surface area contributed by atoms with Crippen LogP contribution in [0.15, 0.2) is 12.1 Å². The monoisotopic (exact) mass is 207 g/mol. The molecule has 0 aliphatic heterocycles. The minimum Gasteiger partial charge on any atom is -0.506 e. The van der Waals surface area contributed by atoms with E-state index < -0.39 is 23.2 Å². The van der Waals surface area contributed by atoms with Crippen molar-refractivity contribution in [1.82, 2.24) is 0 Å². The largest absolute Gasteiger partial charge is 0.506 e. The van der Waals surface area contributed by atoms with Gasteiger partial charge in [-0.2, -0.15) is 13.2 Å². The van der Waals surface area contributed by atoms with Crippen LogP contribution >= 0.6 is 0 Å². The van der Waals surface area contributed by atoms with Gasteiger partial charge in [0.15, 0.2) is 0 Å². The number of hydrogen-bond donors (Lipinski definition) is 2. The maximum atomic E-state index is 12.3. The molecule has 1 rings (SSSR count). The van der Waals surface area contributed by atoms with E-state index >= 15 is 0 Å². The van der Waals surface area contributed by atoms with Crippen molar-refractivity contribution in [3.8, 4) is 11.5 Å². The van der Waals surface area contributed by atoms with Crippen LogP contribution in [0.5, 0.6) is 11.5 Å². The summed E-state index contributed by atoms with van der Waals surface area (Å²) in [5.74, 6) is -0.890. The van der Waals surface area contributed by atoms with Crippen molar-refractivity contribution < 1.29 is 23.0 Å². The topological polar surface area (TPSA) is 55.5 Å². The lowest BCUT2D eigenvalue weighted by molar-refractivity contribution is -0.138. The number of phenolic OH excluding ortho intramolecular Hbond substituents is 1. The number of hydrogen-bond acceptors (Lipinski definition) is 3. The van der Waals surface area contributed by atoms with Crippen LogP contribution in [0, 0.1) is 0 Å². The third-order valence-corrected chi connectivity index (χ3v) is 1.65. The number of nitrogen functional groups attached to an aromatic ring is 1. The van der Waals surface area contributed by atoms with E-state index in [4.69, 9.17) is 10.8 Å². The quantitative estimate of drug-likeness (QED) is 0.547. The Morgan fingerprint density at radius 3 is 2.36 bits per heavy atom. The smallest absolute Gasteiger partial charge is 0.420 e. The number of methoxy groups -OCH3 is 1. The van der Waals surface area contributed by atoms with Gasteiger partial charge in [0.05, 0.1) is 18.4 Å². The van der Waals surface area contributed by atoms with Crippen molar-refractivity contribution >= 4 is 5.69 Å². The number of aromatic hydroxyl groups is 1. The van der Waals surface area contributed by atoms with Gasteiger partial charge in [-0.25, -0.2) is 0 Å². The predicted molar refractivity (Wildman–Crippen MR) is 44.1 cm³/mol. The van der Waals surface area contributed by atoms with E-state index in [1.807, 2.05) is 0 Å². The van der Waals surface area contributed by atoms with Gasteiger partial charge in [0.25, 0.3) is 0 Å². The van der Waals surface area contributed by atoms with Crippen molar-refractivity contribution in [2.24, 2.45) is 0 Å². The number of halogens is 3. The average molecular weight is 207 g/mol. The SMILES string of the molecule is COc1cc(O)c(N)cc1C(F)(F)F. The third kappa shape index (κ3) is 1.84. The van der Waals surface area contributed by atoms with Crippen LogP contribution in [0.1, 0.15) is 5.56 Å². The lowest BCUT2D eigenvalue weighted by Crippen LogP contribution is -2.08. The first kappa shape index (κ1) is 10.5. The Morgan fingerprint density at radius 2 is 1.93 bits per heavy atom. The molecule has 0 amide bonds. The van der Waals surface area contributed by atoms with E-state index in [0.29, 0.717) is 6.07 Å². The van der Waals surface area contributed by atoms with Crippen molar-refractivity contribution in [3.05, 3.63) is 17.7 Å². The molecule has 0 fully saturated rings. The summed E-state index contributed by atoms with van der Waals surface area (Å²) in [6, 6.07) is 1.46. The summed E-state index contributed by atoms with van der Waals surface area (Å²) in [6.07, 6.45) is -4.55. The van der Waals surface area contributed by atoms with Crippen molar-refractivity contribution in [2.45, 2.75) is 6.18 Å². The molecule has 3 N–H and O–H groups in total. The molecule has 0 bridgehead atoms. The highest BCUT2D eigenvalue weighted by molar-refractivity contribution is 5.59. The summed E-state index contributed by atoms with van der Waals surface area (Å²) in [5, 5.41) is 9.05. The van der Waals surface area contributed by atoms with Gasteiger partial charge < -0.3 is 15.6 Å². The molecular formula is C8H8F3NO2. The van der Waals surface area contributed by atoms with Gasteiger partial charge in [0.1, 0.15) is 11.5 Å². The number of rotatable bonds is 1. The minimum atomic E-state index is -4.55. The predicted octanol–water partition coefficient (Wildman–Crippen LogP) is 2.00. The Morgan fingerprint density at radius 1 is 1.36 bits per heavy atom. The molecule has 6 heteroatoms. The summed E-state index contributed by atoms with van der Waals surface area (Å²) < 4.78 is 41.5. The molecule has 0 heterocycles. The molecular weight excluding hydrogens is 199 g/mol. The maximum absolute atomic E-state index is 12.3. The van der Waals surface area contributed by atoms with Gasteiger partial charge in [0, 0.05) is 6.07 Å². The summed E-state index contributed by atoms with van der Waals surface area (Å²) in [7, 11) is 1.08. The molecule has 0 aliphatic rings. The molecule has 0 saturated carbocycles. The highest BCUT2D eigenvalue weighted by Gasteiger charge is 2.35. The van der Waals surface area contributed by atoms with Crippen LogP contribution in [-0.4, -0.2) is 12.2 Å². The van der Waals surface area contributed by atoms with E-state index in [1.165, 1.54) is 0 Å². The number of nitrogens with two attached hydrogens (primary N) is 1. The minimum absolute atomic E-state index is 0.335. The molecule has 3 nitrogen and oxygen atoms in total. The summed E-state index contributed by atoms with van der Waals surface area (Å²) in [4.78, 5) is 0. The van der Waals surface area contributed by atoms with Gasteiger partial charge in [-0.05, 0) is 6.07 Å². The lowest BCUT2D eigenvalue weighted by atomic mass is 10.1. The molecule has 14 heavy (non-hydrogen) atoms. The summed E-state index contributed by atoms with van der Waals surface area (Å²) in [6.45, 7) is 0. The molecule has 0 saturated heterocycles. The number of ether oxygens (including phenoxy) is 1. The number of anilines is 1. The molecule has 78 valence electrons. The van der Waals surface area contributed by atoms with Crippen LogP contribution in [0.2, 0.25) is 0 Å². The second-order valence-electron chi connectivity index (χ2n) is 2.61. The standard InChI is InChI=1S/C8H8F3NO2/c1-14-7-3-6(13)5(12)2-4(7)8(9,10)11/h2-3,13H,12H2,1H3. The Balaban J connectivity index is 3.35. The molecule has 0 radical (unpaired) electrons. The first-order chi connectivity index (χ1) is 6.36. The van der Waals surface area contributed by atoms with E-state index in [1.54, 1.807) is 0 Å². The van der Waals surface area contributed by atoms with Gasteiger partial charge >= 0.3 is 6.18 Å². The van der Waals surface area contributed by atoms with Crippen molar-refractivity contribution in [3.63, 3.8) is 0 Å². The number of alkyl halides is 3. The van der Waals surface area contributed by atoms with Gasteiger partial charge in [-0.3, -0.25) is 0 Å². The Kier molecular flexibility index (Phi) is 2.46. The third-order valence-electron chi connectivity index (χ3n) is 1.65.